The highest BCUT2D eigenvalue weighted by Gasteiger charge is 2.38. The van der Waals surface area contributed by atoms with Gasteiger partial charge in [-0.2, -0.15) is 0 Å². The summed E-state index contributed by atoms with van der Waals surface area (Å²) in [7, 11) is 0. The molecule has 5 nitrogen and oxygen atoms in total. The van der Waals surface area contributed by atoms with Crippen molar-refractivity contribution in [1.29, 1.82) is 0 Å². The van der Waals surface area contributed by atoms with Crippen molar-refractivity contribution in [1.82, 2.24) is 9.47 Å². The summed E-state index contributed by atoms with van der Waals surface area (Å²) in [5.74, 6) is 0.329. The molecule has 29 heavy (non-hydrogen) atoms. The van der Waals surface area contributed by atoms with Gasteiger partial charge in [0.2, 0.25) is 5.91 Å². The highest BCUT2D eigenvalue weighted by molar-refractivity contribution is 5.98. The first-order valence-corrected chi connectivity index (χ1v) is 10.9. The Bertz CT molecular complexity index is 931. The lowest BCUT2D eigenvalue weighted by Crippen LogP contribution is -2.38. The minimum absolute atomic E-state index is 0.149. The summed E-state index contributed by atoms with van der Waals surface area (Å²) in [6, 6.07) is 6.35. The van der Waals surface area contributed by atoms with Gasteiger partial charge in [-0.15, -0.1) is 0 Å². The molecule has 0 N–H and O–H groups in total. The minimum Gasteiger partial charge on any atom is -0.443 e. The van der Waals surface area contributed by atoms with Gasteiger partial charge < -0.3 is 9.30 Å². The number of likely N-dealkylation sites (tertiary alicyclic amines) is 1. The molecule has 1 aromatic carbocycles. The van der Waals surface area contributed by atoms with E-state index in [1.54, 1.807) is 0 Å². The molecule has 5 heteroatoms. The molecule has 1 aliphatic carbocycles. The fourth-order valence-corrected chi connectivity index (χ4v) is 4.82. The third-order valence-electron chi connectivity index (χ3n) is 6.26. The topological polar surface area (TPSA) is 51.5 Å². The standard InChI is InChI=1S/C24H32N2O3/c1-16-14-25(15-17-7-5-6-8-17)21-13-18(9-10-19(16)21)20-11-12-26(22(20)27)23(28)29-24(2,3)4/h9-10,13-14,17,20H,5-8,11-12,15H2,1-4H3. The highest BCUT2D eigenvalue weighted by atomic mass is 16.6. The van der Waals surface area contributed by atoms with Crippen LogP contribution in [0.25, 0.3) is 10.9 Å². The van der Waals surface area contributed by atoms with E-state index in [0.29, 0.717) is 13.0 Å². The molecule has 4 rings (SSSR count). The largest absolute Gasteiger partial charge is 0.443 e. The first kappa shape index (κ1) is 20.0. The lowest BCUT2D eigenvalue weighted by atomic mass is 9.96. The average molecular weight is 397 g/mol. The van der Waals surface area contributed by atoms with Gasteiger partial charge in [-0.25, -0.2) is 9.69 Å². The highest BCUT2D eigenvalue weighted by Crippen LogP contribution is 2.34. The van der Waals surface area contributed by atoms with E-state index in [1.807, 2.05) is 20.8 Å². The lowest BCUT2D eigenvalue weighted by Gasteiger charge is -2.23. The Kier molecular flexibility index (Phi) is 5.18. The number of nitrogens with zero attached hydrogens (tertiary/aromatic N) is 2. The van der Waals surface area contributed by atoms with Crippen LogP contribution in [0.15, 0.2) is 24.4 Å². The Hall–Kier alpha value is -2.30. The first-order valence-electron chi connectivity index (χ1n) is 10.9. The maximum absolute atomic E-state index is 13.0. The smallest absolute Gasteiger partial charge is 0.417 e. The summed E-state index contributed by atoms with van der Waals surface area (Å²) in [6.07, 6.45) is 7.65. The molecule has 0 spiro atoms. The average Bonchev–Trinajstić information content (AvgIpc) is 3.34. The maximum Gasteiger partial charge on any atom is 0.417 e. The number of aromatic nitrogens is 1. The monoisotopic (exact) mass is 396 g/mol. The molecule has 1 saturated heterocycles. The van der Waals surface area contributed by atoms with Gasteiger partial charge in [-0.3, -0.25) is 4.79 Å². The SMILES string of the molecule is Cc1cn(CC2CCCC2)c2cc(C3CCN(C(=O)OC(C)(C)C)C3=O)ccc12. The van der Waals surface area contributed by atoms with Crippen molar-refractivity contribution in [3.05, 3.63) is 35.5 Å². The first-order chi connectivity index (χ1) is 13.7. The van der Waals surface area contributed by atoms with E-state index in [1.165, 1.54) is 47.0 Å². The Morgan fingerprint density at radius 1 is 1.17 bits per heavy atom. The Labute approximate surface area is 173 Å². The van der Waals surface area contributed by atoms with Crippen LogP contribution in [-0.4, -0.2) is 33.6 Å². The van der Waals surface area contributed by atoms with E-state index in [9.17, 15) is 9.59 Å². The molecule has 2 fully saturated rings. The fraction of sp³-hybridized carbons (Fsp3) is 0.583. The lowest BCUT2D eigenvalue weighted by molar-refractivity contribution is -0.128. The fourth-order valence-electron chi connectivity index (χ4n) is 4.82. The number of carbonyl (C=O) groups excluding carboxylic acids is 2. The van der Waals surface area contributed by atoms with Gasteiger partial charge in [0, 0.05) is 30.2 Å². The predicted molar refractivity (Wildman–Crippen MR) is 114 cm³/mol. The molecule has 0 bridgehead atoms. The molecule has 2 amide bonds. The van der Waals surface area contributed by atoms with Gasteiger partial charge in [0.05, 0.1) is 5.92 Å². The number of carbonyl (C=O) groups is 2. The van der Waals surface area contributed by atoms with E-state index in [4.69, 9.17) is 4.74 Å². The van der Waals surface area contributed by atoms with Gasteiger partial charge >= 0.3 is 6.09 Å². The van der Waals surface area contributed by atoms with E-state index in [0.717, 1.165) is 18.0 Å². The third kappa shape index (κ3) is 4.05. The van der Waals surface area contributed by atoms with Crippen LogP contribution < -0.4 is 0 Å². The van der Waals surface area contributed by atoms with Gasteiger partial charge in [-0.1, -0.05) is 25.0 Å². The van der Waals surface area contributed by atoms with Crippen LogP contribution in [0.4, 0.5) is 4.79 Å². The molecule has 2 aliphatic rings. The molecular formula is C24H32N2O3. The van der Waals surface area contributed by atoms with Crippen LogP contribution >= 0.6 is 0 Å². The molecule has 0 radical (unpaired) electrons. The van der Waals surface area contributed by atoms with Gasteiger partial charge in [-0.05, 0) is 70.1 Å². The van der Waals surface area contributed by atoms with Crippen LogP contribution in [0, 0.1) is 12.8 Å². The van der Waals surface area contributed by atoms with Crippen LogP contribution in [-0.2, 0) is 16.1 Å². The summed E-state index contributed by atoms with van der Waals surface area (Å²) >= 11 is 0. The summed E-state index contributed by atoms with van der Waals surface area (Å²) in [6.45, 7) is 9.07. The molecule has 1 aliphatic heterocycles. The maximum atomic E-state index is 13.0. The number of benzene rings is 1. The van der Waals surface area contributed by atoms with Crippen molar-refractivity contribution in [3.63, 3.8) is 0 Å². The molecule has 1 saturated carbocycles. The van der Waals surface area contributed by atoms with E-state index >= 15 is 0 Å². The molecule has 1 unspecified atom stereocenters. The van der Waals surface area contributed by atoms with Crippen molar-refractivity contribution in [2.75, 3.05) is 6.54 Å². The molecule has 1 atom stereocenters. The zero-order valence-corrected chi connectivity index (χ0v) is 18.0. The normalized spacial score (nSPS) is 20.8. The summed E-state index contributed by atoms with van der Waals surface area (Å²) in [4.78, 5) is 26.6. The number of imide groups is 1. The molecule has 1 aromatic heterocycles. The number of rotatable bonds is 3. The number of amides is 2. The van der Waals surface area contributed by atoms with Crippen LogP contribution in [0.3, 0.4) is 0 Å². The van der Waals surface area contributed by atoms with Gasteiger partial charge in [0.25, 0.3) is 0 Å². The van der Waals surface area contributed by atoms with Crippen LogP contribution in [0.5, 0.6) is 0 Å². The van der Waals surface area contributed by atoms with E-state index in [2.05, 4.69) is 35.9 Å². The Morgan fingerprint density at radius 2 is 1.90 bits per heavy atom. The van der Waals surface area contributed by atoms with E-state index < -0.39 is 11.7 Å². The van der Waals surface area contributed by atoms with Crippen molar-refractivity contribution in [3.8, 4) is 0 Å². The number of ether oxygens (including phenoxy) is 1. The summed E-state index contributed by atoms with van der Waals surface area (Å²) < 4.78 is 7.78. The summed E-state index contributed by atoms with van der Waals surface area (Å²) in [5.41, 5.74) is 2.87. The molecule has 2 aromatic rings. The van der Waals surface area contributed by atoms with Gasteiger partial charge in [0.15, 0.2) is 0 Å². The van der Waals surface area contributed by atoms with Crippen molar-refractivity contribution in [2.24, 2.45) is 5.92 Å². The van der Waals surface area contributed by atoms with Crippen molar-refractivity contribution >= 4 is 22.9 Å². The second-order valence-electron chi connectivity index (χ2n) is 9.70. The second kappa shape index (κ2) is 7.51. The van der Waals surface area contributed by atoms with E-state index in [-0.39, 0.29) is 11.8 Å². The molecule has 156 valence electrons. The number of fused-ring (bicyclic) bond motifs is 1. The third-order valence-corrected chi connectivity index (χ3v) is 6.26. The van der Waals surface area contributed by atoms with Crippen molar-refractivity contribution in [2.45, 2.75) is 77.9 Å². The van der Waals surface area contributed by atoms with Crippen LogP contribution in [0.1, 0.15) is 69.9 Å². The zero-order chi connectivity index (χ0) is 20.8. The predicted octanol–water partition coefficient (Wildman–Crippen LogP) is 5.39. The Balaban J connectivity index is 1.58. The molecule has 2 heterocycles. The second-order valence-corrected chi connectivity index (χ2v) is 9.70. The van der Waals surface area contributed by atoms with Crippen LogP contribution in [0.2, 0.25) is 0 Å². The number of hydrogen-bond acceptors (Lipinski definition) is 3. The minimum atomic E-state index is -0.604. The number of aryl methyl sites for hydroxylation is 1. The van der Waals surface area contributed by atoms with Gasteiger partial charge in [0.1, 0.15) is 5.60 Å². The number of hydrogen-bond donors (Lipinski definition) is 0. The zero-order valence-electron chi connectivity index (χ0n) is 18.0. The molecular weight excluding hydrogens is 364 g/mol. The summed E-state index contributed by atoms with van der Waals surface area (Å²) in [5, 5.41) is 1.25. The van der Waals surface area contributed by atoms with Crippen molar-refractivity contribution < 1.29 is 14.3 Å². The quantitative estimate of drug-likeness (QED) is 0.699. The Morgan fingerprint density at radius 3 is 2.59 bits per heavy atom.